The molecule has 0 aliphatic carbocycles. The van der Waals surface area contributed by atoms with Gasteiger partial charge in [0.05, 0.1) is 47.0 Å². The van der Waals surface area contributed by atoms with Crippen LogP contribution in [0.15, 0.2) is 12.2 Å². The molecule has 0 aromatic carbocycles. The number of nitrogens with one attached hydrogen (secondary N) is 4. The number of nitrogens with zero attached hydrogens (tertiary/aromatic N) is 8. The van der Waals surface area contributed by atoms with Crippen molar-refractivity contribution in [3.63, 3.8) is 0 Å². The summed E-state index contributed by atoms with van der Waals surface area (Å²) in [4.78, 5) is 184. The van der Waals surface area contributed by atoms with Crippen molar-refractivity contribution in [3.8, 4) is 0 Å². The van der Waals surface area contributed by atoms with E-state index in [1.807, 2.05) is 76.5 Å². The number of carbonyl (C=O) groups excluding carboxylic acids is 12. The van der Waals surface area contributed by atoms with Crippen molar-refractivity contribution in [1.29, 1.82) is 0 Å². The van der Waals surface area contributed by atoms with Crippen molar-refractivity contribution in [1.82, 2.24) is 55.6 Å². The fraction of sp³-hybridized carbons (Fsp3) is 0.800. The van der Waals surface area contributed by atoms with E-state index in [-0.39, 0.29) is 94.4 Å². The van der Waals surface area contributed by atoms with Crippen LogP contribution in [0, 0.1) is 41.4 Å². The summed E-state index contributed by atoms with van der Waals surface area (Å²) in [5.41, 5.74) is 0. The van der Waals surface area contributed by atoms with Crippen molar-refractivity contribution < 1.29 is 93.7 Å². The van der Waals surface area contributed by atoms with Crippen LogP contribution in [0.2, 0.25) is 0 Å². The second kappa shape index (κ2) is 43.2. The molecular formula is C70H127ClN12O16. The quantitative estimate of drug-likeness (QED) is 0.0393. The number of rotatable bonds is 23. The third-order valence-electron chi connectivity index (χ3n) is 17.7. The maximum atomic E-state index is 15.4. The molecule has 0 spiro atoms. The van der Waals surface area contributed by atoms with E-state index >= 15 is 19.2 Å². The van der Waals surface area contributed by atoms with Crippen LogP contribution in [0.4, 0.5) is 4.79 Å². The second-order valence-electron chi connectivity index (χ2n) is 30.0. The molecule has 570 valence electrons. The zero-order chi connectivity index (χ0) is 75.7. The fourth-order valence-electron chi connectivity index (χ4n) is 11.5. The highest BCUT2D eigenvalue weighted by molar-refractivity contribution is 5.99. The van der Waals surface area contributed by atoms with Crippen molar-refractivity contribution >= 4 is 71.1 Å². The molecule has 1 aliphatic rings. The van der Waals surface area contributed by atoms with Crippen LogP contribution >= 0.6 is 0 Å². The van der Waals surface area contributed by atoms with Crippen LogP contribution in [-0.4, -0.2) is 292 Å². The van der Waals surface area contributed by atoms with Crippen molar-refractivity contribution in [2.45, 2.75) is 216 Å². The first-order valence-electron chi connectivity index (χ1n) is 34.8. The molecule has 29 heteroatoms. The van der Waals surface area contributed by atoms with Gasteiger partial charge in [-0.25, -0.2) is 4.79 Å². The minimum absolute atomic E-state index is 0. The Morgan fingerprint density at radius 2 is 0.970 bits per heavy atom. The Morgan fingerprint density at radius 3 is 1.44 bits per heavy atom. The number of quaternary nitrogens is 1. The highest BCUT2D eigenvalue weighted by Gasteiger charge is 2.46. The Balaban J connectivity index is 0.0000960. The molecule has 0 unspecified atom stereocenters. The molecule has 1 fully saturated rings. The van der Waals surface area contributed by atoms with E-state index in [0.29, 0.717) is 11.0 Å². The molecule has 0 aromatic heterocycles. The number of ether oxygens (including phenoxy) is 3. The number of carbonyl (C=O) groups is 12. The van der Waals surface area contributed by atoms with Gasteiger partial charge < -0.3 is 91.8 Å². The number of aliphatic hydroxyl groups is 1. The zero-order valence-corrected chi connectivity index (χ0v) is 65.3. The van der Waals surface area contributed by atoms with Gasteiger partial charge in [0.25, 0.3) is 0 Å². The van der Waals surface area contributed by atoms with Gasteiger partial charge in [0, 0.05) is 49.3 Å². The minimum atomic E-state index is -1.65. The van der Waals surface area contributed by atoms with Crippen molar-refractivity contribution in [2.24, 2.45) is 41.4 Å². The number of allylic oxidation sites excluding steroid dienone is 2. The Hall–Kier alpha value is -6.65. The largest absolute Gasteiger partial charge is 1.00 e. The number of amides is 11. The summed E-state index contributed by atoms with van der Waals surface area (Å²) in [6.07, 6.45) is 1.72. The van der Waals surface area contributed by atoms with Gasteiger partial charge in [0.15, 0.2) is 0 Å². The minimum Gasteiger partial charge on any atom is -1.00 e. The van der Waals surface area contributed by atoms with Crippen LogP contribution in [0.3, 0.4) is 0 Å². The number of hydrogen-bond donors (Lipinski definition) is 5. The summed E-state index contributed by atoms with van der Waals surface area (Å²) < 4.78 is 16.8. The SMILES string of the molecule is C/C=C/C[C@@H](C)[C@@H](O)[C@H]1C(=O)N[C@@H](CC)C(=O)N(C)CC(=O)N(C)[C@@H](CC(C)C)C(=O)N[C@@H](C(C)C)C(=O)N(C)[C@@H](CC(C)C)C(=O)N[C@@H](C)C(=O)N[C@H](COCCOC(=O)OCC[N+](C)(C)C)C(=O)N(C)[C@@H](CC(C)C)C(=O)N(C)[C@@H](CC(C)C)C(=O)N(C)[C@@H](C(C)C)C(=O)N1C.[Cl-]. The van der Waals surface area contributed by atoms with Crippen molar-refractivity contribution in [3.05, 3.63) is 12.2 Å². The lowest BCUT2D eigenvalue weighted by atomic mass is 9.91. The van der Waals surface area contributed by atoms with Crippen LogP contribution in [0.1, 0.15) is 149 Å². The predicted molar refractivity (Wildman–Crippen MR) is 374 cm³/mol. The molecule has 1 heterocycles. The summed E-state index contributed by atoms with van der Waals surface area (Å²) in [6, 6.07) is -13.4. The molecule has 1 saturated heterocycles. The Kier molecular flexibility index (Phi) is 40.3. The summed E-state index contributed by atoms with van der Waals surface area (Å²) in [7, 11) is 15.5. The smallest absolute Gasteiger partial charge is 0.508 e. The molecule has 28 nitrogen and oxygen atoms in total. The number of hydrogen-bond acceptors (Lipinski definition) is 16. The van der Waals surface area contributed by atoms with Gasteiger partial charge in [0.1, 0.15) is 80.2 Å². The van der Waals surface area contributed by atoms with Gasteiger partial charge in [0.2, 0.25) is 65.0 Å². The lowest BCUT2D eigenvalue weighted by Crippen LogP contribution is -3.00. The normalized spacial score (nSPS) is 24.7. The highest BCUT2D eigenvalue weighted by Crippen LogP contribution is 2.26. The molecule has 12 atom stereocenters. The van der Waals surface area contributed by atoms with Gasteiger partial charge in [-0.1, -0.05) is 109 Å². The lowest BCUT2D eigenvalue weighted by molar-refractivity contribution is -0.870. The molecular weight excluding hydrogens is 1300 g/mol. The van der Waals surface area contributed by atoms with Gasteiger partial charge in [-0.2, -0.15) is 0 Å². The van der Waals surface area contributed by atoms with Crippen LogP contribution in [0.5, 0.6) is 0 Å². The Labute approximate surface area is 597 Å². The first-order valence-corrected chi connectivity index (χ1v) is 34.8. The first-order chi connectivity index (χ1) is 45.3. The number of likely N-dealkylation sites (N-methyl/N-ethyl adjacent to an activating group) is 8. The molecule has 5 N–H and O–H groups in total. The van der Waals surface area contributed by atoms with E-state index in [1.54, 1.807) is 60.6 Å². The van der Waals surface area contributed by atoms with E-state index in [9.17, 15) is 43.5 Å². The molecule has 0 radical (unpaired) electrons. The van der Waals surface area contributed by atoms with Crippen LogP contribution in [-0.2, 0) is 67.0 Å². The maximum Gasteiger partial charge on any atom is 0.508 e. The maximum absolute atomic E-state index is 15.4. The fourth-order valence-corrected chi connectivity index (χ4v) is 11.5. The van der Waals surface area contributed by atoms with Gasteiger partial charge >= 0.3 is 6.16 Å². The van der Waals surface area contributed by atoms with Gasteiger partial charge in [-0.3, -0.25) is 52.7 Å². The molecule has 11 amide bonds. The molecule has 0 bridgehead atoms. The molecule has 0 saturated carbocycles. The summed E-state index contributed by atoms with van der Waals surface area (Å²) in [5.74, 6) is -10.8. The zero-order valence-electron chi connectivity index (χ0n) is 64.6. The van der Waals surface area contributed by atoms with Crippen LogP contribution < -0.4 is 33.7 Å². The summed E-state index contributed by atoms with van der Waals surface area (Å²) in [6.45, 7) is 27.0. The standard InChI is InChI=1S/C70H126N12O16.ClH/c1-27-29-30-47(15)59(84)58-63(88)72-49(28-2)64(89)75(17)39-55(83)76(18)51(35-41(3)4)62(87)74-56(45(11)12)68(93)77(19)52(36-42(5)6)61(86)71-48(16)60(85)73-50(40-96-33-34-98-70(95)97-32-31-82(24,25)26)65(90)78(20)53(37-43(7)8)66(91)79(21)54(38-44(9)10)67(92)80(22)57(46(13)14)69(94)81(58)23;/h27,29,41-54,56-59,84H,28,30-40H2,1-26H3,(H3-,71,72,73,74,85,86,87,88);1H/b29-27+;/t47-,48+,49+,50-,51+,52+,53+,54+,56+,57+,58+,59-;/m1./s1. The molecule has 99 heavy (non-hydrogen) atoms. The summed E-state index contributed by atoms with van der Waals surface area (Å²) in [5, 5.41) is 23.2. The van der Waals surface area contributed by atoms with E-state index in [2.05, 4.69) is 21.3 Å². The first kappa shape index (κ1) is 92.4. The molecule has 0 aromatic rings. The van der Waals surface area contributed by atoms with Gasteiger partial charge in [-0.15, -0.1) is 0 Å². The Morgan fingerprint density at radius 1 is 0.525 bits per heavy atom. The second-order valence-corrected chi connectivity index (χ2v) is 30.0. The molecule has 1 rings (SSSR count). The van der Waals surface area contributed by atoms with E-state index < -0.39 is 169 Å². The average molecular weight is 1430 g/mol. The van der Waals surface area contributed by atoms with Crippen LogP contribution in [0.25, 0.3) is 0 Å². The van der Waals surface area contributed by atoms with Crippen molar-refractivity contribution in [2.75, 3.05) is 110 Å². The third kappa shape index (κ3) is 29.1. The van der Waals surface area contributed by atoms with Gasteiger partial charge in [-0.05, 0) is 93.8 Å². The Bertz CT molecular complexity index is 2690. The number of aliphatic hydroxyl groups excluding tert-OH is 1. The topological polar surface area (TPSA) is 324 Å². The van der Waals surface area contributed by atoms with E-state index in [4.69, 9.17) is 14.2 Å². The predicted octanol–water partition coefficient (Wildman–Crippen LogP) is 0.129. The third-order valence-corrected chi connectivity index (χ3v) is 17.7. The molecule has 1 aliphatic heterocycles. The highest BCUT2D eigenvalue weighted by atomic mass is 35.5. The lowest BCUT2D eigenvalue weighted by Gasteiger charge is -2.41. The van der Waals surface area contributed by atoms with E-state index in [1.165, 1.54) is 75.9 Å². The average Bonchev–Trinajstić information content (AvgIpc) is 0.806. The number of halogens is 1. The van der Waals surface area contributed by atoms with E-state index in [0.717, 1.165) is 14.7 Å². The summed E-state index contributed by atoms with van der Waals surface area (Å²) >= 11 is 0. The monoisotopic (exact) mass is 1430 g/mol.